The number of amides is 2. The van der Waals surface area contributed by atoms with Crippen molar-refractivity contribution < 1.29 is 22.9 Å². The van der Waals surface area contributed by atoms with E-state index in [1.165, 1.54) is 36.4 Å². The molecule has 0 saturated carbocycles. The van der Waals surface area contributed by atoms with Crippen molar-refractivity contribution in [2.75, 3.05) is 47.4 Å². The Balaban J connectivity index is 1.33. The van der Waals surface area contributed by atoms with Crippen LogP contribution < -0.4 is 14.9 Å². The lowest BCUT2D eigenvalue weighted by molar-refractivity contribution is -0.383. The number of sulfonamides is 1. The maximum Gasteiger partial charge on any atom is 0.294 e. The van der Waals surface area contributed by atoms with E-state index in [9.17, 15) is 28.1 Å². The van der Waals surface area contributed by atoms with E-state index in [0.29, 0.717) is 59.4 Å². The third-order valence-corrected chi connectivity index (χ3v) is 8.40. The number of halogens is 2. The minimum atomic E-state index is -3.50. The van der Waals surface area contributed by atoms with E-state index in [4.69, 9.17) is 23.2 Å². The minimum Gasteiger partial charge on any atom is -0.367 e. The summed E-state index contributed by atoms with van der Waals surface area (Å²) in [7, 11) is -3.50. The molecule has 5 rings (SSSR count). The largest absolute Gasteiger partial charge is 0.367 e. The molecule has 2 heterocycles. The van der Waals surface area contributed by atoms with Crippen molar-refractivity contribution in [2.45, 2.75) is 6.92 Å². The van der Waals surface area contributed by atoms with Crippen molar-refractivity contribution in [1.29, 1.82) is 0 Å². The summed E-state index contributed by atoms with van der Waals surface area (Å²) in [6.07, 6.45) is 1.00. The molecule has 1 aromatic heterocycles. The number of aromatic nitrogens is 2. The lowest BCUT2D eigenvalue weighted by atomic mass is 10.0. The molecule has 3 N–H and O–H groups in total. The molecule has 45 heavy (non-hydrogen) atoms. The van der Waals surface area contributed by atoms with Crippen molar-refractivity contribution in [3.63, 3.8) is 0 Å². The summed E-state index contributed by atoms with van der Waals surface area (Å²) in [5, 5.41) is 22.2. The first-order valence-corrected chi connectivity index (χ1v) is 16.2. The van der Waals surface area contributed by atoms with E-state index in [0.717, 1.165) is 6.26 Å². The number of nitrogens with one attached hydrogen (secondary N) is 3. The van der Waals surface area contributed by atoms with Crippen LogP contribution in [0.1, 0.15) is 26.4 Å². The second-order valence-corrected chi connectivity index (χ2v) is 12.9. The number of nitro benzene ring substituents is 1. The zero-order chi connectivity index (χ0) is 32.5. The average molecular weight is 673 g/mol. The predicted octanol–water partition coefficient (Wildman–Crippen LogP) is 5.19. The third kappa shape index (κ3) is 7.03. The molecule has 0 aliphatic carbocycles. The fourth-order valence-corrected chi connectivity index (χ4v) is 6.06. The van der Waals surface area contributed by atoms with E-state index in [2.05, 4.69) is 20.2 Å². The van der Waals surface area contributed by atoms with Gasteiger partial charge in [-0.3, -0.25) is 29.5 Å². The van der Waals surface area contributed by atoms with Crippen molar-refractivity contribution in [3.05, 3.63) is 97.6 Å². The summed E-state index contributed by atoms with van der Waals surface area (Å²) in [6.45, 7) is 3.15. The van der Waals surface area contributed by atoms with Gasteiger partial charge < -0.3 is 15.1 Å². The number of hydrogen-bond acceptors (Lipinski definition) is 8. The Hall–Kier alpha value is -4.66. The van der Waals surface area contributed by atoms with Crippen LogP contribution in [0.4, 0.5) is 22.7 Å². The van der Waals surface area contributed by atoms with Gasteiger partial charge in [-0.1, -0.05) is 41.4 Å². The maximum atomic E-state index is 13.6. The summed E-state index contributed by atoms with van der Waals surface area (Å²) in [5.41, 5.74) is 2.53. The minimum absolute atomic E-state index is 0.0698. The van der Waals surface area contributed by atoms with Crippen molar-refractivity contribution in [2.24, 2.45) is 0 Å². The number of anilines is 3. The van der Waals surface area contributed by atoms with Gasteiger partial charge in [0.2, 0.25) is 10.0 Å². The number of aromatic amines is 1. The fourth-order valence-electron chi connectivity index (χ4n) is 4.99. The van der Waals surface area contributed by atoms with Crippen LogP contribution in [0.3, 0.4) is 0 Å². The second kappa shape index (κ2) is 12.8. The molecule has 1 aliphatic heterocycles. The molecule has 0 unspecified atom stereocenters. The van der Waals surface area contributed by atoms with Crippen LogP contribution in [-0.2, 0) is 10.0 Å². The Morgan fingerprint density at radius 3 is 2.29 bits per heavy atom. The topological polar surface area (TPSA) is 171 Å². The highest BCUT2D eigenvalue weighted by Crippen LogP contribution is 2.38. The Bertz CT molecular complexity index is 1910. The molecule has 16 heteroatoms. The van der Waals surface area contributed by atoms with Crippen LogP contribution >= 0.6 is 23.2 Å². The highest BCUT2D eigenvalue weighted by atomic mass is 35.5. The number of carbonyl (C=O) groups is 2. The first-order chi connectivity index (χ1) is 21.3. The summed E-state index contributed by atoms with van der Waals surface area (Å²) in [4.78, 5) is 41.4. The SMILES string of the molecule is Cc1[nH]nc(-c2ccccc2Cl)c1C(=O)N1CCN(c2cc(NC(=O)c3ccc(NS(C)(=O)=O)cc3)c([N+](=O)[O-])cc2Cl)CC1. The van der Waals surface area contributed by atoms with Gasteiger partial charge in [-0.05, 0) is 43.3 Å². The van der Waals surface area contributed by atoms with Crippen molar-refractivity contribution in [3.8, 4) is 11.3 Å². The second-order valence-electron chi connectivity index (χ2n) is 10.3. The highest BCUT2D eigenvalue weighted by molar-refractivity contribution is 7.92. The quantitative estimate of drug-likeness (QED) is 0.170. The standard InChI is InChI=1S/C29H27Cl2N7O6S/c1-17-26(27(34-33-17)20-5-3-4-6-21(20)30)29(40)37-13-11-36(12-14-37)24-16-23(25(38(41)42)15-22(24)31)32-28(39)18-7-9-19(10-8-18)35-45(2,43)44/h3-10,15-16,35H,11-14H2,1-2H3,(H,32,39)(H,33,34). The van der Waals surface area contributed by atoms with E-state index in [1.807, 2.05) is 11.0 Å². The monoisotopic (exact) mass is 671 g/mol. The Kier molecular flexibility index (Phi) is 9.00. The predicted molar refractivity (Wildman–Crippen MR) is 173 cm³/mol. The Morgan fingerprint density at radius 2 is 1.67 bits per heavy atom. The number of nitro groups is 1. The summed E-state index contributed by atoms with van der Waals surface area (Å²) >= 11 is 12.9. The fraction of sp³-hybridized carbons (Fsp3) is 0.207. The summed E-state index contributed by atoms with van der Waals surface area (Å²) in [6, 6.07) is 15.3. The van der Waals surface area contributed by atoms with Gasteiger partial charge in [-0.2, -0.15) is 5.10 Å². The van der Waals surface area contributed by atoms with Gasteiger partial charge in [0.05, 0.1) is 32.5 Å². The molecule has 13 nitrogen and oxygen atoms in total. The van der Waals surface area contributed by atoms with Crippen molar-refractivity contribution in [1.82, 2.24) is 15.1 Å². The number of benzene rings is 3. The van der Waals surface area contributed by atoms with Crippen LogP contribution in [0, 0.1) is 17.0 Å². The van der Waals surface area contributed by atoms with Gasteiger partial charge in [-0.25, -0.2) is 8.42 Å². The molecule has 234 valence electrons. The van der Waals surface area contributed by atoms with Crippen LogP contribution in [-0.4, -0.2) is 72.7 Å². The van der Waals surface area contributed by atoms with Gasteiger partial charge in [0, 0.05) is 54.8 Å². The zero-order valence-corrected chi connectivity index (χ0v) is 26.3. The lowest BCUT2D eigenvalue weighted by Crippen LogP contribution is -2.49. The number of nitrogens with zero attached hydrogens (tertiary/aromatic N) is 4. The molecule has 0 atom stereocenters. The lowest BCUT2D eigenvalue weighted by Gasteiger charge is -2.36. The highest BCUT2D eigenvalue weighted by Gasteiger charge is 2.30. The first kappa shape index (κ1) is 31.8. The first-order valence-electron chi connectivity index (χ1n) is 13.5. The van der Waals surface area contributed by atoms with Crippen LogP contribution in [0.5, 0.6) is 0 Å². The number of H-pyrrole nitrogens is 1. The zero-order valence-electron chi connectivity index (χ0n) is 24.0. The van der Waals surface area contributed by atoms with E-state index < -0.39 is 26.5 Å². The van der Waals surface area contributed by atoms with Crippen LogP contribution in [0.15, 0.2) is 60.7 Å². The molecular weight excluding hydrogens is 645 g/mol. The molecule has 0 spiro atoms. The number of rotatable bonds is 8. The average Bonchev–Trinajstić information content (AvgIpc) is 3.38. The van der Waals surface area contributed by atoms with E-state index >= 15 is 0 Å². The molecule has 3 aromatic carbocycles. The molecule has 0 bridgehead atoms. The van der Waals surface area contributed by atoms with Crippen molar-refractivity contribution >= 4 is 67.8 Å². The van der Waals surface area contributed by atoms with E-state index in [-0.39, 0.29) is 27.9 Å². The van der Waals surface area contributed by atoms with Gasteiger partial charge in [0.1, 0.15) is 11.4 Å². The molecule has 1 aliphatic rings. The number of aryl methyl sites for hydroxylation is 1. The van der Waals surface area contributed by atoms with Gasteiger partial charge >= 0.3 is 0 Å². The number of piperazine rings is 1. The molecule has 0 radical (unpaired) electrons. The smallest absolute Gasteiger partial charge is 0.294 e. The van der Waals surface area contributed by atoms with Crippen LogP contribution in [0.25, 0.3) is 11.3 Å². The number of hydrogen-bond donors (Lipinski definition) is 3. The molecule has 1 fully saturated rings. The third-order valence-electron chi connectivity index (χ3n) is 7.16. The van der Waals surface area contributed by atoms with Gasteiger partial charge in [0.25, 0.3) is 17.5 Å². The van der Waals surface area contributed by atoms with E-state index in [1.54, 1.807) is 30.0 Å². The van der Waals surface area contributed by atoms with Gasteiger partial charge in [-0.15, -0.1) is 0 Å². The summed E-state index contributed by atoms with van der Waals surface area (Å²) < 4.78 is 25.2. The molecule has 2 amide bonds. The van der Waals surface area contributed by atoms with Crippen LogP contribution in [0.2, 0.25) is 10.0 Å². The number of carbonyl (C=O) groups excluding carboxylic acids is 2. The summed E-state index contributed by atoms with van der Waals surface area (Å²) in [5.74, 6) is -0.853. The molecule has 4 aromatic rings. The Morgan fingerprint density at radius 1 is 1.00 bits per heavy atom. The molecular formula is C29H27Cl2N7O6S. The van der Waals surface area contributed by atoms with Gasteiger partial charge in [0.15, 0.2) is 0 Å². The Labute approximate surface area is 268 Å². The maximum absolute atomic E-state index is 13.6. The molecule has 1 saturated heterocycles. The normalized spacial score (nSPS) is 13.4.